The molecular weight excluding hydrogens is 236 g/mol. The Morgan fingerprint density at radius 1 is 1.06 bits per heavy atom. The average molecular weight is 250 g/mol. The van der Waals surface area contributed by atoms with E-state index >= 15 is 0 Å². The Labute approximate surface area is 97.1 Å². The third-order valence-electron chi connectivity index (χ3n) is 2.45. The normalized spacial score (nSPS) is 15.6. The Morgan fingerprint density at radius 3 is 2.06 bits per heavy atom. The molecule has 0 spiro atoms. The van der Waals surface area contributed by atoms with Gasteiger partial charge in [-0.05, 0) is 31.0 Å². The molecule has 0 saturated heterocycles. The van der Waals surface area contributed by atoms with Crippen molar-refractivity contribution in [2.75, 3.05) is 0 Å². The van der Waals surface area contributed by atoms with Crippen LogP contribution >= 0.6 is 0 Å². The van der Waals surface area contributed by atoms with Crippen LogP contribution in [0.1, 0.15) is 25.3 Å². The fraction of sp³-hybridized carbons (Fsp3) is 0.500. The van der Waals surface area contributed by atoms with Crippen molar-refractivity contribution < 1.29 is 22.7 Å². The van der Waals surface area contributed by atoms with Crippen LogP contribution in [0.5, 0.6) is 0 Å². The summed E-state index contributed by atoms with van der Waals surface area (Å²) in [5, 5.41) is 9.81. The highest BCUT2D eigenvalue weighted by molar-refractivity contribution is 5.17. The highest BCUT2D eigenvalue weighted by atomic mass is 19.4. The number of rotatable bonds is 4. The van der Waals surface area contributed by atoms with Gasteiger partial charge in [-0.3, -0.25) is 0 Å². The lowest BCUT2D eigenvalue weighted by molar-refractivity contribution is -0.145. The molecule has 1 N–H and O–H groups in total. The Kier molecular flexibility index (Phi) is 4.14. The van der Waals surface area contributed by atoms with E-state index < -0.39 is 24.0 Å². The molecule has 0 aliphatic carbocycles. The van der Waals surface area contributed by atoms with Gasteiger partial charge in [-0.25, -0.2) is 4.39 Å². The quantitative estimate of drug-likeness (QED) is 0.811. The Bertz CT molecular complexity index is 354. The molecule has 0 aliphatic heterocycles. The first-order valence-corrected chi connectivity index (χ1v) is 5.22. The predicted molar refractivity (Wildman–Crippen MR) is 56.0 cm³/mol. The fourth-order valence-electron chi connectivity index (χ4n) is 1.54. The number of halogens is 4. The molecule has 1 nitrogen and oxygen atoms in total. The smallest absolute Gasteiger partial charge is 0.389 e. The van der Waals surface area contributed by atoms with Crippen LogP contribution in [-0.2, 0) is 6.42 Å². The summed E-state index contributed by atoms with van der Waals surface area (Å²) in [6, 6.07) is 5.35. The van der Waals surface area contributed by atoms with Crippen molar-refractivity contribution in [3.05, 3.63) is 35.6 Å². The molecule has 1 rings (SSSR count). The summed E-state index contributed by atoms with van der Waals surface area (Å²) in [5.74, 6) is -0.413. The van der Waals surface area contributed by atoms with E-state index in [0.717, 1.165) is 0 Å². The van der Waals surface area contributed by atoms with Crippen LogP contribution in [0.25, 0.3) is 0 Å². The predicted octanol–water partition coefficient (Wildman–Crippen LogP) is 3.46. The first kappa shape index (κ1) is 14.0. The molecular formula is C12H14F4O. The molecule has 17 heavy (non-hydrogen) atoms. The number of aliphatic hydroxyl groups is 1. The zero-order valence-corrected chi connectivity index (χ0v) is 9.39. The van der Waals surface area contributed by atoms with Crippen LogP contribution in [0.2, 0.25) is 0 Å². The largest absolute Gasteiger partial charge is 0.390 e. The Morgan fingerprint density at radius 2 is 1.59 bits per heavy atom. The third-order valence-corrected chi connectivity index (χ3v) is 2.45. The van der Waals surface area contributed by atoms with Crippen LogP contribution in [0.4, 0.5) is 17.6 Å². The van der Waals surface area contributed by atoms with Gasteiger partial charge in [0, 0.05) is 12.8 Å². The van der Waals surface area contributed by atoms with Crippen molar-refractivity contribution in [3.63, 3.8) is 0 Å². The zero-order chi connectivity index (χ0) is 13.1. The molecule has 0 radical (unpaired) electrons. The van der Waals surface area contributed by atoms with Crippen molar-refractivity contribution >= 4 is 0 Å². The minimum absolute atomic E-state index is 0.0728. The zero-order valence-electron chi connectivity index (χ0n) is 9.39. The van der Waals surface area contributed by atoms with E-state index in [1.54, 1.807) is 0 Å². The molecule has 0 aliphatic rings. The Balaban J connectivity index is 2.57. The van der Waals surface area contributed by atoms with E-state index in [1.165, 1.54) is 31.2 Å². The molecule has 0 heterocycles. The molecule has 1 aromatic carbocycles. The van der Waals surface area contributed by atoms with Crippen molar-refractivity contribution in [2.24, 2.45) is 0 Å². The van der Waals surface area contributed by atoms with Gasteiger partial charge in [0.05, 0.1) is 5.60 Å². The van der Waals surface area contributed by atoms with Gasteiger partial charge < -0.3 is 5.11 Å². The van der Waals surface area contributed by atoms with E-state index in [4.69, 9.17) is 0 Å². The standard InChI is InChI=1S/C12H14F4O/c1-11(17,6-7-12(14,15)16)8-9-2-4-10(13)5-3-9/h2-5,17H,6-8H2,1H3. The van der Waals surface area contributed by atoms with Crippen molar-refractivity contribution in [1.29, 1.82) is 0 Å². The van der Waals surface area contributed by atoms with Crippen LogP contribution in [0.3, 0.4) is 0 Å². The van der Waals surface area contributed by atoms with Crippen LogP contribution in [-0.4, -0.2) is 16.9 Å². The molecule has 0 bridgehead atoms. The summed E-state index contributed by atoms with van der Waals surface area (Å²) in [5.41, 5.74) is -0.827. The van der Waals surface area contributed by atoms with E-state index in [1.807, 2.05) is 0 Å². The SMILES string of the molecule is CC(O)(CCC(F)(F)F)Cc1ccc(F)cc1. The monoisotopic (exact) mass is 250 g/mol. The second-order valence-corrected chi connectivity index (χ2v) is 4.42. The summed E-state index contributed by atoms with van der Waals surface area (Å²) in [6.07, 6.45) is -5.59. The average Bonchev–Trinajstić information content (AvgIpc) is 2.18. The van der Waals surface area contributed by atoms with Gasteiger partial charge in [-0.1, -0.05) is 12.1 Å². The molecule has 0 fully saturated rings. The maximum atomic E-state index is 12.6. The number of hydrogen-bond acceptors (Lipinski definition) is 1. The van der Waals surface area contributed by atoms with E-state index in [9.17, 15) is 22.7 Å². The lowest BCUT2D eigenvalue weighted by atomic mass is 9.92. The van der Waals surface area contributed by atoms with Gasteiger partial charge in [0.15, 0.2) is 0 Å². The third kappa shape index (κ3) is 5.68. The van der Waals surface area contributed by atoms with Crippen molar-refractivity contribution in [2.45, 2.75) is 38.0 Å². The molecule has 1 atom stereocenters. The van der Waals surface area contributed by atoms with E-state index in [-0.39, 0.29) is 12.8 Å². The van der Waals surface area contributed by atoms with Gasteiger partial charge in [-0.15, -0.1) is 0 Å². The summed E-state index contributed by atoms with van der Waals surface area (Å²) in [7, 11) is 0. The second kappa shape index (κ2) is 5.04. The summed E-state index contributed by atoms with van der Waals surface area (Å²) in [4.78, 5) is 0. The topological polar surface area (TPSA) is 20.2 Å². The van der Waals surface area contributed by atoms with E-state index in [0.29, 0.717) is 5.56 Å². The molecule has 0 amide bonds. The fourth-order valence-corrected chi connectivity index (χ4v) is 1.54. The number of benzene rings is 1. The number of hydrogen-bond donors (Lipinski definition) is 1. The van der Waals surface area contributed by atoms with Gasteiger partial charge in [0.2, 0.25) is 0 Å². The number of alkyl halides is 3. The van der Waals surface area contributed by atoms with Gasteiger partial charge in [-0.2, -0.15) is 13.2 Å². The maximum Gasteiger partial charge on any atom is 0.389 e. The first-order chi connectivity index (χ1) is 7.68. The lowest BCUT2D eigenvalue weighted by Crippen LogP contribution is -2.29. The van der Waals surface area contributed by atoms with Gasteiger partial charge in [0.1, 0.15) is 5.82 Å². The summed E-state index contributed by atoms with van der Waals surface area (Å²) >= 11 is 0. The maximum absolute atomic E-state index is 12.6. The first-order valence-electron chi connectivity index (χ1n) is 5.22. The second-order valence-electron chi connectivity index (χ2n) is 4.42. The Hall–Kier alpha value is -1.10. The van der Waals surface area contributed by atoms with Crippen molar-refractivity contribution in [3.8, 4) is 0 Å². The van der Waals surface area contributed by atoms with Crippen LogP contribution in [0.15, 0.2) is 24.3 Å². The van der Waals surface area contributed by atoms with Crippen molar-refractivity contribution in [1.82, 2.24) is 0 Å². The van der Waals surface area contributed by atoms with Crippen LogP contribution < -0.4 is 0 Å². The molecule has 0 saturated carbocycles. The molecule has 5 heteroatoms. The highest BCUT2D eigenvalue weighted by Crippen LogP contribution is 2.27. The minimum Gasteiger partial charge on any atom is -0.390 e. The summed E-state index contributed by atoms with van der Waals surface area (Å²) in [6.45, 7) is 1.35. The van der Waals surface area contributed by atoms with E-state index in [2.05, 4.69) is 0 Å². The van der Waals surface area contributed by atoms with Gasteiger partial charge in [0.25, 0.3) is 0 Å². The lowest BCUT2D eigenvalue weighted by Gasteiger charge is -2.24. The highest BCUT2D eigenvalue weighted by Gasteiger charge is 2.32. The molecule has 96 valence electrons. The van der Waals surface area contributed by atoms with Gasteiger partial charge >= 0.3 is 6.18 Å². The molecule has 1 unspecified atom stereocenters. The minimum atomic E-state index is -4.27. The molecule has 1 aromatic rings. The summed E-state index contributed by atoms with van der Waals surface area (Å²) < 4.78 is 48.7. The molecule has 0 aromatic heterocycles. The van der Waals surface area contributed by atoms with Crippen LogP contribution in [0, 0.1) is 5.82 Å².